The van der Waals surface area contributed by atoms with E-state index in [1.807, 2.05) is 32.9 Å². The minimum absolute atomic E-state index is 0.107. The molecule has 0 unspecified atom stereocenters. The maximum Gasteiger partial charge on any atom is 0.261 e. The Morgan fingerprint density at radius 1 is 0.933 bits per heavy atom. The molecule has 1 amide bonds. The van der Waals surface area contributed by atoms with Gasteiger partial charge >= 0.3 is 0 Å². The number of carbonyl (C=O) groups is 1. The van der Waals surface area contributed by atoms with Crippen molar-refractivity contribution < 1.29 is 13.2 Å². The molecule has 3 aromatic carbocycles. The van der Waals surface area contributed by atoms with Crippen molar-refractivity contribution >= 4 is 33.2 Å². The fourth-order valence-corrected chi connectivity index (χ4v) is 4.37. The fraction of sp³-hybridized carbons (Fsp3) is 0.174. The van der Waals surface area contributed by atoms with E-state index in [2.05, 4.69) is 16.1 Å². The van der Waals surface area contributed by atoms with Crippen LogP contribution in [-0.4, -0.2) is 14.3 Å². The normalized spacial score (nSPS) is 12.3. The first-order valence-electron chi connectivity index (χ1n) is 9.42. The number of sulfonamides is 1. The van der Waals surface area contributed by atoms with Crippen molar-refractivity contribution in [1.82, 2.24) is 5.32 Å². The fourth-order valence-electron chi connectivity index (χ4n) is 3.19. The molecule has 0 saturated heterocycles. The highest BCUT2D eigenvalue weighted by Crippen LogP contribution is 2.21. The van der Waals surface area contributed by atoms with Gasteiger partial charge < -0.3 is 5.32 Å². The molecule has 0 aliphatic heterocycles. The third-order valence-electron chi connectivity index (χ3n) is 4.76. The minimum atomic E-state index is -3.74. The number of nitrogens with one attached hydrogen (secondary N) is 2. The first-order chi connectivity index (χ1) is 14.2. The maximum absolute atomic E-state index is 12.6. The Balaban J connectivity index is 1.69. The smallest absolute Gasteiger partial charge is 0.261 e. The Labute approximate surface area is 182 Å². The molecule has 0 heterocycles. The second kappa shape index (κ2) is 8.90. The number of rotatable bonds is 6. The maximum atomic E-state index is 12.6. The van der Waals surface area contributed by atoms with Crippen molar-refractivity contribution in [3.05, 3.63) is 94.0 Å². The molecule has 5 nitrogen and oxygen atoms in total. The van der Waals surface area contributed by atoms with E-state index in [0.29, 0.717) is 16.3 Å². The van der Waals surface area contributed by atoms with Crippen molar-refractivity contribution in [2.45, 2.75) is 31.7 Å². The van der Waals surface area contributed by atoms with Crippen molar-refractivity contribution in [1.29, 1.82) is 0 Å². The Morgan fingerprint density at radius 2 is 1.57 bits per heavy atom. The quantitative estimate of drug-likeness (QED) is 0.547. The Hall–Kier alpha value is -2.83. The highest BCUT2D eigenvalue weighted by atomic mass is 35.5. The lowest BCUT2D eigenvalue weighted by Crippen LogP contribution is -2.27. The monoisotopic (exact) mass is 442 g/mol. The van der Waals surface area contributed by atoms with E-state index in [9.17, 15) is 13.2 Å². The molecule has 1 atom stereocenters. The highest BCUT2D eigenvalue weighted by molar-refractivity contribution is 7.92. The molecule has 2 N–H and O–H groups in total. The molecule has 0 aliphatic carbocycles. The molecule has 0 saturated carbocycles. The van der Waals surface area contributed by atoms with E-state index >= 15 is 0 Å². The van der Waals surface area contributed by atoms with E-state index in [1.54, 1.807) is 24.3 Å². The summed E-state index contributed by atoms with van der Waals surface area (Å²) in [5, 5.41) is 3.44. The summed E-state index contributed by atoms with van der Waals surface area (Å²) in [6.45, 7) is 5.99. The average molecular weight is 443 g/mol. The Kier molecular flexibility index (Phi) is 6.48. The molecule has 0 radical (unpaired) electrons. The molecule has 7 heteroatoms. The number of anilines is 1. The van der Waals surface area contributed by atoms with Crippen LogP contribution in [0.15, 0.2) is 71.6 Å². The van der Waals surface area contributed by atoms with E-state index in [4.69, 9.17) is 11.6 Å². The lowest BCUT2D eigenvalue weighted by Gasteiger charge is -2.17. The van der Waals surface area contributed by atoms with Crippen LogP contribution in [0.3, 0.4) is 0 Å². The van der Waals surface area contributed by atoms with Crippen molar-refractivity contribution in [2.75, 3.05) is 4.72 Å². The van der Waals surface area contributed by atoms with Gasteiger partial charge in [0.2, 0.25) is 0 Å². The van der Waals surface area contributed by atoms with Crippen LogP contribution >= 0.6 is 11.6 Å². The molecular formula is C23H23ClN2O3S. The minimum Gasteiger partial charge on any atom is -0.346 e. The molecule has 0 fully saturated rings. The van der Waals surface area contributed by atoms with Crippen LogP contribution in [0.4, 0.5) is 5.69 Å². The first-order valence-corrected chi connectivity index (χ1v) is 11.3. The van der Waals surface area contributed by atoms with Crippen molar-refractivity contribution in [3.63, 3.8) is 0 Å². The predicted molar refractivity (Wildman–Crippen MR) is 120 cm³/mol. The van der Waals surface area contributed by atoms with E-state index in [0.717, 1.165) is 11.1 Å². The summed E-state index contributed by atoms with van der Waals surface area (Å²) in [6, 6.07) is 18.2. The van der Waals surface area contributed by atoms with Crippen molar-refractivity contribution in [3.8, 4) is 0 Å². The van der Waals surface area contributed by atoms with Crippen LogP contribution in [0.25, 0.3) is 0 Å². The molecule has 30 heavy (non-hydrogen) atoms. The zero-order valence-corrected chi connectivity index (χ0v) is 18.5. The molecule has 0 aliphatic rings. The molecule has 3 aromatic rings. The predicted octanol–water partition coefficient (Wildman–Crippen LogP) is 5.25. The SMILES string of the molecule is Cc1ccc([C@@H](C)NC(=O)c2ccc(NS(=O)(=O)c3ccc(Cl)cc3)cc2)c(C)c1. The highest BCUT2D eigenvalue weighted by Gasteiger charge is 2.16. The van der Waals surface area contributed by atoms with Gasteiger partial charge in [0.1, 0.15) is 0 Å². The number of halogens is 1. The van der Waals surface area contributed by atoms with Crippen LogP contribution in [0.5, 0.6) is 0 Å². The van der Waals surface area contributed by atoms with E-state index in [-0.39, 0.29) is 16.8 Å². The first kappa shape index (κ1) is 21.9. The van der Waals surface area contributed by atoms with Crippen LogP contribution in [0.1, 0.15) is 40.0 Å². The number of amides is 1. The molecule has 156 valence electrons. The van der Waals surface area contributed by atoms with Crippen LogP contribution in [0.2, 0.25) is 5.02 Å². The number of hydrogen-bond donors (Lipinski definition) is 2. The standard InChI is InChI=1S/C23H23ClN2O3S/c1-15-4-13-22(16(2)14-15)17(3)25-23(27)18-5-9-20(10-6-18)26-30(28,29)21-11-7-19(24)8-12-21/h4-14,17,26H,1-3H3,(H,25,27)/t17-/m1/s1. The third kappa shape index (κ3) is 5.20. The van der Waals surface area contributed by atoms with Gasteiger partial charge in [-0.05, 0) is 80.4 Å². The largest absolute Gasteiger partial charge is 0.346 e. The van der Waals surface area contributed by atoms with Gasteiger partial charge in [-0.3, -0.25) is 9.52 Å². The summed E-state index contributed by atoms with van der Waals surface area (Å²) >= 11 is 5.81. The summed E-state index contributed by atoms with van der Waals surface area (Å²) in [5.41, 5.74) is 4.16. The van der Waals surface area contributed by atoms with Crippen molar-refractivity contribution in [2.24, 2.45) is 0 Å². The summed E-state index contributed by atoms with van der Waals surface area (Å²) in [4.78, 5) is 12.7. The summed E-state index contributed by atoms with van der Waals surface area (Å²) in [6.07, 6.45) is 0. The van der Waals surface area contributed by atoms with Gasteiger partial charge in [0, 0.05) is 16.3 Å². The van der Waals surface area contributed by atoms with Crippen LogP contribution in [0, 0.1) is 13.8 Å². The second-order valence-electron chi connectivity index (χ2n) is 7.19. The Bertz CT molecular complexity index is 1160. The van der Waals surface area contributed by atoms with Crippen LogP contribution < -0.4 is 10.0 Å². The lowest BCUT2D eigenvalue weighted by molar-refractivity contribution is 0.0940. The number of benzene rings is 3. The van der Waals surface area contributed by atoms with E-state index in [1.165, 1.54) is 29.8 Å². The van der Waals surface area contributed by atoms with Gasteiger partial charge in [0.15, 0.2) is 0 Å². The van der Waals surface area contributed by atoms with Gasteiger partial charge in [-0.2, -0.15) is 0 Å². The molecule has 0 spiro atoms. The van der Waals surface area contributed by atoms with Crippen LogP contribution in [-0.2, 0) is 10.0 Å². The van der Waals surface area contributed by atoms with Gasteiger partial charge in [-0.25, -0.2) is 8.42 Å². The number of carbonyl (C=O) groups excluding carboxylic acids is 1. The topological polar surface area (TPSA) is 75.3 Å². The summed E-state index contributed by atoms with van der Waals surface area (Å²) in [5.74, 6) is -0.227. The molecule has 0 aromatic heterocycles. The molecule has 0 bridgehead atoms. The number of aryl methyl sites for hydroxylation is 2. The molecule has 3 rings (SSSR count). The Morgan fingerprint density at radius 3 is 2.17 bits per heavy atom. The lowest BCUT2D eigenvalue weighted by atomic mass is 10.00. The number of hydrogen-bond acceptors (Lipinski definition) is 3. The molecular weight excluding hydrogens is 420 g/mol. The summed E-state index contributed by atoms with van der Waals surface area (Å²) in [7, 11) is -3.74. The van der Waals surface area contributed by atoms with E-state index < -0.39 is 10.0 Å². The van der Waals surface area contributed by atoms with Gasteiger partial charge in [-0.15, -0.1) is 0 Å². The van der Waals surface area contributed by atoms with Gasteiger partial charge in [0.05, 0.1) is 10.9 Å². The zero-order chi connectivity index (χ0) is 21.9. The van der Waals surface area contributed by atoms with Gasteiger partial charge in [-0.1, -0.05) is 35.4 Å². The zero-order valence-electron chi connectivity index (χ0n) is 16.9. The third-order valence-corrected chi connectivity index (χ3v) is 6.41. The van der Waals surface area contributed by atoms with Gasteiger partial charge in [0.25, 0.3) is 15.9 Å². The summed E-state index contributed by atoms with van der Waals surface area (Å²) < 4.78 is 27.4. The second-order valence-corrected chi connectivity index (χ2v) is 9.31. The average Bonchev–Trinajstić information content (AvgIpc) is 2.68.